The summed E-state index contributed by atoms with van der Waals surface area (Å²) in [6.45, 7) is 1.22. The highest BCUT2D eigenvalue weighted by molar-refractivity contribution is 9.10. The van der Waals surface area contributed by atoms with E-state index in [1.165, 1.54) is 0 Å². The van der Waals surface area contributed by atoms with Crippen LogP contribution in [0.2, 0.25) is 5.02 Å². The highest BCUT2D eigenvalue weighted by Crippen LogP contribution is 2.33. The summed E-state index contributed by atoms with van der Waals surface area (Å²) >= 11 is 9.36. The molecule has 1 amide bonds. The van der Waals surface area contributed by atoms with Crippen molar-refractivity contribution in [1.29, 1.82) is 0 Å². The lowest BCUT2D eigenvalue weighted by molar-refractivity contribution is -0.117. The van der Waals surface area contributed by atoms with Crippen LogP contribution in [0, 0.1) is 5.92 Å². The minimum Gasteiger partial charge on any atom is -0.330 e. The van der Waals surface area contributed by atoms with Gasteiger partial charge < -0.3 is 10.6 Å². The molecule has 1 atom stereocenters. The van der Waals surface area contributed by atoms with Gasteiger partial charge >= 0.3 is 0 Å². The van der Waals surface area contributed by atoms with E-state index in [-0.39, 0.29) is 11.8 Å². The van der Waals surface area contributed by atoms with Crippen LogP contribution < -0.4 is 10.6 Å². The zero-order valence-electron chi connectivity index (χ0n) is 8.62. The summed E-state index contributed by atoms with van der Waals surface area (Å²) < 4.78 is 0.878. The summed E-state index contributed by atoms with van der Waals surface area (Å²) in [4.78, 5) is 13.6. The molecular formula is C11H12BrClN2O. The molecule has 2 rings (SSSR count). The van der Waals surface area contributed by atoms with E-state index in [0.717, 1.165) is 10.2 Å². The molecule has 0 aromatic heterocycles. The summed E-state index contributed by atoms with van der Waals surface area (Å²) in [6, 6.07) is 5.43. The van der Waals surface area contributed by atoms with Gasteiger partial charge in [0.1, 0.15) is 0 Å². The van der Waals surface area contributed by atoms with Crippen molar-refractivity contribution >= 4 is 39.1 Å². The Hall–Kier alpha value is -0.580. The first-order valence-electron chi connectivity index (χ1n) is 5.07. The molecule has 1 saturated heterocycles. The fourth-order valence-corrected chi connectivity index (χ4v) is 2.49. The predicted octanol–water partition coefficient (Wildman–Crippen LogP) is 2.41. The van der Waals surface area contributed by atoms with Crippen molar-refractivity contribution in [3.63, 3.8) is 0 Å². The second-order valence-electron chi connectivity index (χ2n) is 3.91. The van der Waals surface area contributed by atoms with Crippen LogP contribution in [-0.4, -0.2) is 19.0 Å². The lowest BCUT2D eigenvalue weighted by atomic mass is 10.1. The third kappa shape index (κ3) is 2.24. The zero-order chi connectivity index (χ0) is 11.7. The third-order valence-electron chi connectivity index (χ3n) is 2.74. The van der Waals surface area contributed by atoms with Gasteiger partial charge in [-0.25, -0.2) is 0 Å². The maximum atomic E-state index is 11.8. The largest absolute Gasteiger partial charge is 0.330 e. The molecule has 2 N–H and O–H groups in total. The van der Waals surface area contributed by atoms with Crippen LogP contribution in [-0.2, 0) is 4.79 Å². The molecule has 86 valence electrons. The number of hydrogen-bond donors (Lipinski definition) is 1. The van der Waals surface area contributed by atoms with E-state index >= 15 is 0 Å². The topological polar surface area (TPSA) is 46.3 Å². The number of hydrogen-bond acceptors (Lipinski definition) is 2. The fraction of sp³-hybridized carbons (Fsp3) is 0.364. The van der Waals surface area contributed by atoms with Crippen LogP contribution in [0.15, 0.2) is 22.7 Å². The Kier molecular flexibility index (Phi) is 3.52. The summed E-state index contributed by atoms with van der Waals surface area (Å²) in [5.74, 6) is 0.358. The monoisotopic (exact) mass is 302 g/mol. The van der Waals surface area contributed by atoms with E-state index in [2.05, 4.69) is 15.9 Å². The molecule has 3 nitrogen and oxygen atoms in total. The average Bonchev–Trinajstić information content (AvgIpc) is 2.63. The van der Waals surface area contributed by atoms with Gasteiger partial charge in [-0.1, -0.05) is 11.6 Å². The molecular weight excluding hydrogens is 291 g/mol. The minimum atomic E-state index is 0.110. The van der Waals surface area contributed by atoms with E-state index in [1.807, 2.05) is 6.07 Å². The summed E-state index contributed by atoms with van der Waals surface area (Å²) in [5, 5.41) is 0.627. The second kappa shape index (κ2) is 4.73. The molecule has 0 aliphatic carbocycles. The van der Waals surface area contributed by atoms with E-state index in [9.17, 15) is 4.79 Å². The van der Waals surface area contributed by atoms with Crippen molar-refractivity contribution in [2.75, 3.05) is 18.0 Å². The average molecular weight is 304 g/mol. The molecule has 5 heteroatoms. The molecule has 0 saturated carbocycles. The van der Waals surface area contributed by atoms with Gasteiger partial charge in [-0.15, -0.1) is 0 Å². The van der Waals surface area contributed by atoms with Gasteiger partial charge in [-0.2, -0.15) is 0 Å². The Morgan fingerprint density at radius 2 is 2.31 bits per heavy atom. The third-order valence-corrected chi connectivity index (χ3v) is 3.64. The molecule has 0 radical (unpaired) electrons. The Balaban J connectivity index is 2.30. The Morgan fingerprint density at radius 3 is 2.94 bits per heavy atom. The van der Waals surface area contributed by atoms with E-state index in [1.54, 1.807) is 17.0 Å². The first kappa shape index (κ1) is 11.9. The number of carbonyl (C=O) groups is 1. The van der Waals surface area contributed by atoms with E-state index < -0.39 is 0 Å². The Morgan fingerprint density at radius 1 is 1.56 bits per heavy atom. The second-order valence-corrected chi connectivity index (χ2v) is 5.20. The smallest absolute Gasteiger partial charge is 0.227 e. The summed E-state index contributed by atoms with van der Waals surface area (Å²) in [6.07, 6.45) is 0.523. The van der Waals surface area contributed by atoms with Crippen LogP contribution in [0.25, 0.3) is 0 Å². The molecule has 0 spiro atoms. The van der Waals surface area contributed by atoms with Crippen LogP contribution in [0.3, 0.4) is 0 Å². The zero-order valence-corrected chi connectivity index (χ0v) is 11.0. The van der Waals surface area contributed by atoms with Crippen molar-refractivity contribution in [1.82, 2.24) is 0 Å². The van der Waals surface area contributed by atoms with Crippen LogP contribution in [0.5, 0.6) is 0 Å². The molecule has 1 unspecified atom stereocenters. The van der Waals surface area contributed by atoms with Crippen molar-refractivity contribution < 1.29 is 4.79 Å². The van der Waals surface area contributed by atoms with E-state index in [4.69, 9.17) is 17.3 Å². The van der Waals surface area contributed by atoms with Crippen molar-refractivity contribution in [2.24, 2.45) is 11.7 Å². The molecule has 1 aromatic rings. The maximum Gasteiger partial charge on any atom is 0.227 e. The van der Waals surface area contributed by atoms with Gasteiger partial charge in [-0.05, 0) is 46.6 Å². The number of nitrogens with zero attached hydrogens (tertiary/aromatic N) is 1. The van der Waals surface area contributed by atoms with Crippen molar-refractivity contribution in [3.8, 4) is 0 Å². The van der Waals surface area contributed by atoms with Gasteiger partial charge in [0.05, 0.1) is 5.69 Å². The molecule has 1 fully saturated rings. The highest BCUT2D eigenvalue weighted by atomic mass is 79.9. The number of rotatable bonds is 2. The van der Waals surface area contributed by atoms with E-state index in [0.29, 0.717) is 24.5 Å². The molecule has 0 bridgehead atoms. The van der Waals surface area contributed by atoms with Crippen LogP contribution in [0.4, 0.5) is 5.69 Å². The number of benzene rings is 1. The molecule has 1 aliphatic heterocycles. The standard InChI is InChI=1S/C11H12BrClN2O/c12-9-2-1-8(13)4-10(9)15-6-7(5-14)3-11(15)16/h1-2,4,7H,3,5-6,14H2. The molecule has 1 heterocycles. The van der Waals surface area contributed by atoms with Crippen molar-refractivity contribution in [2.45, 2.75) is 6.42 Å². The lowest BCUT2D eigenvalue weighted by Gasteiger charge is -2.18. The Labute approximate surface area is 108 Å². The predicted molar refractivity (Wildman–Crippen MR) is 68.7 cm³/mol. The number of anilines is 1. The normalized spacial score (nSPS) is 20.6. The molecule has 1 aromatic carbocycles. The van der Waals surface area contributed by atoms with Gasteiger partial charge in [0.2, 0.25) is 5.91 Å². The molecule has 16 heavy (non-hydrogen) atoms. The highest BCUT2D eigenvalue weighted by Gasteiger charge is 2.30. The van der Waals surface area contributed by atoms with Gasteiger partial charge in [0, 0.05) is 22.5 Å². The lowest BCUT2D eigenvalue weighted by Crippen LogP contribution is -2.26. The fourth-order valence-electron chi connectivity index (χ4n) is 1.86. The first-order chi connectivity index (χ1) is 7.61. The van der Waals surface area contributed by atoms with Gasteiger partial charge in [0.15, 0.2) is 0 Å². The minimum absolute atomic E-state index is 0.110. The van der Waals surface area contributed by atoms with Crippen LogP contribution >= 0.6 is 27.5 Å². The van der Waals surface area contributed by atoms with Crippen LogP contribution in [0.1, 0.15) is 6.42 Å². The maximum absolute atomic E-state index is 11.8. The SMILES string of the molecule is NCC1CC(=O)N(c2cc(Cl)ccc2Br)C1. The summed E-state index contributed by atoms with van der Waals surface area (Å²) in [5.41, 5.74) is 6.41. The number of nitrogens with two attached hydrogens (primary N) is 1. The van der Waals surface area contributed by atoms with Crippen molar-refractivity contribution in [3.05, 3.63) is 27.7 Å². The van der Waals surface area contributed by atoms with Gasteiger partial charge in [-0.3, -0.25) is 4.79 Å². The van der Waals surface area contributed by atoms with Gasteiger partial charge in [0.25, 0.3) is 0 Å². The quantitative estimate of drug-likeness (QED) is 0.912. The Bertz CT molecular complexity index is 424. The number of amides is 1. The summed E-state index contributed by atoms with van der Waals surface area (Å²) in [7, 11) is 0. The molecule has 1 aliphatic rings. The number of carbonyl (C=O) groups excluding carboxylic acids is 1. The first-order valence-corrected chi connectivity index (χ1v) is 6.24. The number of halogens is 2.